The Hall–Kier alpha value is -4.28. The third kappa shape index (κ3) is 4.20. The third-order valence-corrected chi connectivity index (χ3v) is 7.30. The molecular weight excluding hydrogens is 520 g/mol. The number of aryl methyl sites for hydroxylation is 1. The van der Waals surface area contributed by atoms with E-state index in [4.69, 9.17) is 13.6 Å². The number of halogens is 2. The number of aromatic amines is 1. The fourth-order valence-electron chi connectivity index (χ4n) is 5.33. The molecule has 0 saturated carbocycles. The van der Waals surface area contributed by atoms with Crippen molar-refractivity contribution in [3.63, 3.8) is 0 Å². The number of hydrogen-bond donors (Lipinski definition) is 3. The summed E-state index contributed by atoms with van der Waals surface area (Å²) in [5, 5.41) is 29.0. The van der Waals surface area contributed by atoms with Crippen molar-refractivity contribution < 1.29 is 37.4 Å². The predicted molar refractivity (Wildman–Crippen MR) is 147 cm³/mol. The Morgan fingerprint density at radius 2 is 2.00 bits per heavy atom. The van der Waals surface area contributed by atoms with Crippen LogP contribution in [0.2, 0.25) is 0 Å². The molecule has 3 N–H and O–H groups in total. The van der Waals surface area contributed by atoms with Gasteiger partial charge in [-0.1, -0.05) is 26.0 Å². The monoisotopic (exact) mass is 552 g/mol. The molecule has 8 nitrogen and oxygen atoms in total. The molecule has 2 heterocycles. The van der Waals surface area contributed by atoms with Crippen molar-refractivity contribution in [2.24, 2.45) is 0 Å². The number of nitrogens with one attached hydrogen (secondary N) is 1. The highest BCUT2D eigenvalue weighted by molar-refractivity contribution is 6.07. The maximum absolute atomic E-state index is 16.5. The van der Waals surface area contributed by atoms with Gasteiger partial charge < -0.3 is 24.3 Å². The van der Waals surface area contributed by atoms with Crippen LogP contribution in [0.15, 0.2) is 48.7 Å². The Morgan fingerprint density at radius 3 is 2.67 bits per heavy atom. The van der Waals surface area contributed by atoms with E-state index in [0.717, 1.165) is 6.07 Å². The van der Waals surface area contributed by atoms with Gasteiger partial charge in [-0.05, 0) is 48.2 Å². The van der Waals surface area contributed by atoms with E-state index in [9.17, 15) is 19.4 Å². The fraction of sp³-hybridized carbons (Fsp3) is 0.267. The number of nitrogens with zero attached hydrogens (tertiary/aromatic N) is 2. The molecule has 0 aliphatic carbocycles. The molecule has 40 heavy (non-hydrogen) atoms. The zero-order chi connectivity index (χ0) is 31.3. The first kappa shape index (κ1) is 23.6. The van der Waals surface area contributed by atoms with Crippen LogP contribution in [0.5, 0.6) is 5.75 Å². The minimum Gasteiger partial charge on any atom is -0.494 e. The summed E-state index contributed by atoms with van der Waals surface area (Å²) in [7, 11) is -1.55. The van der Waals surface area contributed by atoms with Crippen LogP contribution in [0.4, 0.5) is 8.78 Å². The number of aromatic nitrogens is 3. The van der Waals surface area contributed by atoms with Gasteiger partial charge in [-0.25, -0.2) is 13.6 Å². The first-order chi connectivity index (χ1) is 20.3. The Bertz CT molecular complexity index is 1870. The Kier molecular flexibility index (Phi) is 6.11. The Balaban J connectivity index is 2.00. The summed E-state index contributed by atoms with van der Waals surface area (Å²) in [6, 6.07) is 9.80. The number of carboxylic acid groups (broad SMARTS) is 1. The average molecular weight is 553 g/mol. The fourth-order valence-corrected chi connectivity index (χ4v) is 5.33. The van der Waals surface area contributed by atoms with Crippen LogP contribution in [0.25, 0.3) is 38.6 Å². The lowest BCUT2D eigenvalue weighted by Crippen LogP contribution is -2.33. The lowest BCUT2D eigenvalue weighted by molar-refractivity contribution is -0.0422. The van der Waals surface area contributed by atoms with Gasteiger partial charge in [0.2, 0.25) is 0 Å². The summed E-state index contributed by atoms with van der Waals surface area (Å²) in [6.07, 6.45) is 1.89. The molecule has 1 unspecified atom stereocenters. The number of ether oxygens (including phenoxy) is 2. The van der Waals surface area contributed by atoms with Gasteiger partial charge in [-0.2, -0.15) is 5.10 Å². The van der Waals surface area contributed by atoms with Crippen molar-refractivity contribution in [1.82, 2.24) is 14.8 Å². The maximum Gasteiger partial charge on any atom is 0.335 e. The number of methoxy groups -OCH3 is 2. The minimum absolute atomic E-state index is 0.0717. The van der Waals surface area contributed by atoms with Gasteiger partial charge >= 0.3 is 5.97 Å². The largest absolute Gasteiger partial charge is 0.494 e. The molecule has 0 radical (unpaired) electrons. The van der Waals surface area contributed by atoms with Crippen LogP contribution in [-0.2, 0) is 16.8 Å². The second kappa shape index (κ2) is 10.4. The SMILES string of the molecule is [2H]C([2H])([2H])Oc1cc(-n2c(C(O)(CC)COC)c(-c3ccc(C(=O)O)c(CC)c3)c3c(F)c4[nH]ncc4cc32)ccc1F. The number of hydrogen-bond acceptors (Lipinski definition) is 5. The average Bonchev–Trinajstić information content (AvgIpc) is 3.57. The summed E-state index contributed by atoms with van der Waals surface area (Å²) in [5.41, 5.74) is 0.194. The van der Waals surface area contributed by atoms with E-state index in [1.165, 1.54) is 36.1 Å². The lowest BCUT2D eigenvalue weighted by Gasteiger charge is -2.30. The maximum atomic E-state index is 16.5. The van der Waals surface area contributed by atoms with Gasteiger partial charge in [-0.3, -0.25) is 5.10 Å². The molecule has 5 rings (SSSR count). The normalized spacial score (nSPS) is 14.6. The first-order valence-corrected chi connectivity index (χ1v) is 12.6. The molecule has 0 amide bonds. The van der Waals surface area contributed by atoms with E-state index < -0.39 is 36.0 Å². The van der Waals surface area contributed by atoms with Crippen LogP contribution < -0.4 is 4.74 Å². The van der Waals surface area contributed by atoms with Crippen LogP contribution in [-0.4, -0.2) is 51.7 Å². The third-order valence-electron chi connectivity index (χ3n) is 7.30. The molecule has 0 spiro atoms. The molecule has 0 bridgehead atoms. The van der Waals surface area contributed by atoms with Crippen LogP contribution in [0.1, 0.15) is 46.0 Å². The standard InChI is InChI=1S/C30H29F2N3O5/c1-5-16-11-17(7-9-20(16)29(36)37)24-25-22(12-18-14-33-34-27(18)26(25)32)35(28(24)30(38,6-2)15-39-3)19-8-10-21(31)23(13-19)40-4/h7-14,38H,5-6,15H2,1-4H3,(H,33,34)(H,36,37)/i4D3. The van der Waals surface area contributed by atoms with Crippen LogP contribution in [0, 0.1) is 11.6 Å². The van der Waals surface area contributed by atoms with E-state index in [0.29, 0.717) is 22.9 Å². The number of aromatic carboxylic acids is 1. The smallest absolute Gasteiger partial charge is 0.335 e. The predicted octanol–water partition coefficient (Wildman–Crippen LogP) is 5.97. The van der Waals surface area contributed by atoms with Crippen LogP contribution >= 0.6 is 0 Å². The molecule has 3 aromatic carbocycles. The number of benzene rings is 3. The lowest BCUT2D eigenvalue weighted by atomic mass is 9.88. The molecule has 2 aromatic heterocycles. The summed E-state index contributed by atoms with van der Waals surface area (Å²) >= 11 is 0. The van der Waals surface area contributed by atoms with Crippen molar-refractivity contribution in [2.75, 3.05) is 20.8 Å². The molecule has 208 valence electrons. The number of carbonyl (C=O) groups is 1. The zero-order valence-corrected chi connectivity index (χ0v) is 22.0. The van der Waals surface area contributed by atoms with E-state index in [2.05, 4.69) is 10.2 Å². The minimum atomic E-state index is -2.95. The highest BCUT2D eigenvalue weighted by Gasteiger charge is 2.38. The first-order valence-electron chi connectivity index (χ1n) is 14.1. The van der Waals surface area contributed by atoms with E-state index in [-0.39, 0.29) is 52.0 Å². The Labute approximate surface area is 233 Å². The van der Waals surface area contributed by atoms with Crippen molar-refractivity contribution in [3.05, 3.63) is 77.1 Å². The number of H-pyrrole nitrogens is 1. The highest BCUT2D eigenvalue weighted by Crippen LogP contribution is 2.46. The number of aliphatic hydroxyl groups is 1. The molecule has 0 aliphatic rings. The summed E-state index contributed by atoms with van der Waals surface area (Å²) in [5.74, 6) is -3.30. The second-order valence-electron chi connectivity index (χ2n) is 9.54. The van der Waals surface area contributed by atoms with Gasteiger partial charge in [0.1, 0.15) is 11.1 Å². The number of carboxylic acids is 1. The quantitative estimate of drug-likeness (QED) is 0.208. The number of fused-ring (bicyclic) bond motifs is 2. The molecular formula is C30H29F2N3O5. The summed E-state index contributed by atoms with van der Waals surface area (Å²) in [6.45, 7) is 3.29. The van der Waals surface area contributed by atoms with Gasteiger partial charge in [0.15, 0.2) is 17.4 Å². The van der Waals surface area contributed by atoms with Gasteiger partial charge in [0.25, 0.3) is 0 Å². The van der Waals surface area contributed by atoms with Crippen molar-refractivity contribution in [3.8, 4) is 22.6 Å². The Morgan fingerprint density at radius 1 is 1.20 bits per heavy atom. The summed E-state index contributed by atoms with van der Waals surface area (Å²) < 4.78 is 65.6. The molecule has 0 saturated heterocycles. The van der Waals surface area contributed by atoms with E-state index in [1.807, 2.05) is 0 Å². The molecule has 0 fully saturated rings. The highest BCUT2D eigenvalue weighted by atomic mass is 19.1. The second-order valence-corrected chi connectivity index (χ2v) is 9.54. The van der Waals surface area contributed by atoms with Gasteiger partial charge in [-0.15, -0.1) is 0 Å². The van der Waals surface area contributed by atoms with E-state index >= 15 is 4.39 Å². The molecule has 1 atom stereocenters. The van der Waals surface area contributed by atoms with Gasteiger partial charge in [0, 0.05) is 35.2 Å². The van der Waals surface area contributed by atoms with E-state index in [1.54, 1.807) is 32.0 Å². The topological polar surface area (TPSA) is 110 Å². The summed E-state index contributed by atoms with van der Waals surface area (Å²) in [4.78, 5) is 11.9. The molecule has 10 heteroatoms. The van der Waals surface area contributed by atoms with Crippen molar-refractivity contribution >= 4 is 27.8 Å². The van der Waals surface area contributed by atoms with Crippen LogP contribution in [0.3, 0.4) is 0 Å². The molecule has 0 aliphatic heterocycles. The van der Waals surface area contributed by atoms with Gasteiger partial charge in [0.05, 0.1) is 40.7 Å². The number of rotatable bonds is 9. The van der Waals surface area contributed by atoms with Crippen molar-refractivity contribution in [1.29, 1.82) is 0 Å². The zero-order valence-electron chi connectivity index (χ0n) is 25.0. The molecule has 5 aromatic rings. The van der Waals surface area contributed by atoms with Crippen molar-refractivity contribution in [2.45, 2.75) is 32.3 Å².